The molecule has 0 saturated carbocycles. The molecule has 6 nitrogen and oxygen atoms in total. The fourth-order valence-corrected chi connectivity index (χ4v) is 5.55. The molecule has 0 unspecified atom stereocenters. The van der Waals surface area contributed by atoms with Crippen LogP contribution in [0.3, 0.4) is 0 Å². The summed E-state index contributed by atoms with van der Waals surface area (Å²) in [4.78, 5) is 13.2. The zero-order valence-electron chi connectivity index (χ0n) is 18.0. The smallest absolute Gasteiger partial charge is 0.256 e. The molecule has 0 aliphatic carbocycles. The zero-order chi connectivity index (χ0) is 22.6. The number of anilines is 1. The van der Waals surface area contributed by atoms with E-state index in [-0.39, 0.29) is 10.8 Å². The van der Waals surface area contributed by atoms with E-state index >= 15 is 0 Å². The van der Waals surface area contributed by atoms with Gasteiger partial charge in [-0.1, -0.05) is 48.5 Å². The van der Waals surface area contributed by atoms with Crippen LogP contribution in [0.2, 0.25) is 0 Å². The molecular formula is C25H26N2O4S. The van der Waals surface area contributed by atoms with E-state index in [1.54, 1.807) is 18.2 Å². The molecule has 1 fully saturated rings. The Balaban J connectivity index is 1.67. The molecule has 3 aromatic rings. The largest absolute Gasteiger partial charge is 0.492 e. The number of ether oxygens (including phenoxy) is 1. The molecule has 1 heterocycles. The first-order valence-electron chi connectivity index (χ1n) is 10.7. The van der Waals surface area contributed by atoms with E-state index in [9.17, 15) is 13.2 Å². The van der Waals surface area contributed by atoms with E-state index in [1.165, 1.54) is 10.4 Å². The molecule has 0 spiro atoms. The van der Waals surface area contributed by atoms with Crippen LogP contribution in [-0.2, 0) is 10.0 Å². The van der Waals surface area contributed by atoms with Gasteiger partial charge in [0.05, 0.1) is 6.61 Å². The lowest BCUT2D eigenvalue weighted by molar-refractivity contribution is 0.102. The maximum atomic E-state index is 13.2. The fraction of sp³-hybridized carbons (Fsp3) is 0.240. The number of carbonyl (C=O) groups is 1. The number of amides is 1. The second-order valence-electron chi connectivity index (χ2n) is 7.57. The molecule has 0 bridgehead atoms. The maximum absolute atomic E-state index is 13.2. The van der Waals surface area contributed by atoms with Gasteiger partial charge in [0, 0.05) is 24.3 Å². The van der Waals surface area contributed by atoms with Crippen LogP contribution in [0, 0.1) is 0 Å². The number of hydrogen-bond donors (Lipinski definition) is 1. The van der Waals surface area contributed by atoms with Gasteiger partial charge in [-0.25, -0.2) is 8.42 Å². The van der Waals surface area contributed by atoms with Crippen molar-refractivity contribution < 1.29 is 17.9 Å². The Morgan fingerprint density at radius 1 is 0.969 bits per heavy atom. The standard InChI is InChI=1S/C25H26N2O4S/c1-2-31-23-15-14-20(18-24(23)32(29,30)27-16-8-9-17-27)26-25(28)22-13-7-6-12-21(22)19-10-4-3-5-11-19/h3-7,10-15,18H,2,8-9,16-17H2,1H3,(H,26,28). The number of carbonyl (C=O) groups excluding carboxylic acids is 1. The Kier molecular flexibility index (Phi) is 6.58. The summed E-state index contributed by atoms with van der Waals surface area (Å²) in [5.74, 6) is -0.0137. The topological polar surface area (TPSA) is 75.7 Å². The summed E-state index contributed by atoms with van der Waals surface area (Å²) >= 11 is 0. The molecule has 3 aromatic carbocycles. The number of sulfonamides is 1. The van der Waals surface area contributed by atoms with Gasteiger partial charge in [0.2, 0.25) is 10.0 Å². The van der Waals surface area contributed by atoms with Crippen LogP contribution in [0.5, 0.6) is 5.75 Å². The normalized spacial score (nSPS) is 14.3. The molecule has 0 aromatic heterocycles. The van der Waals surface area contributed by atoms with E-state index in [2.05, 4.69) is 5.32 Å². The minimum atomic E-state index is -3.71. The van der Waals surface area contributed by atoms with Crippen molar-refractivity contribution in [3.05, 3.63) is 78.4 Å². The molecule has 0 radical (unpaired) electrons. The molecule has 7 heteroatoms. The van der Waals surface area contributed by atoms with Gasteiger partial charge in [0.15, 0.2) is 0 Å². The Hall–Kier alpha value is -3.16. The molecule has 4 rings (SSSR count). The minimum Gasteiger partial charge on any atom is -0.492 e. The van der Waals surface area contributed by atoms with Gasteiger partial charge in [-0.3, -0.25) is 4.79 Å². The molecule has 1 saturated heterocycles. The third-order valence-electron chi connectivity index (χ3n) is 5.44. The van der Waals surface area contributed by atoms with Crippen LogP contribution in [0.15, 0.2) is 77.7 Å². The van der Waals surface area contributed by atoms with Crippen LogP contribution in [0.25, 0.3) is 11.1 Å². The lowest BCUT2D eigenvalue weighted by atomic mass is 9.99. The summed E-state index contributed by atoms with van der Waals surface area (Å²) in [5, 5.41) is 2.86. The lowest BCUT2D eigenvalue weighted by Crippen LogP contribution is -2.28. The number of benzene rings is 3. The second kappa shape index (κ2) is 9.54. The minimum absolute atomic E-state index is 0.0791. The SMILES string of the molecule is CCOc1ccc(NC(=O)c2ccccc2-c2ccccc2)cc1S(=O)(=O)N1CCCC1. The van der Waals surface area contributed by atoms with Crippen molar-refractivity contribution in [1.82, 2.24) is 4.31 Å². The summed E-state index contributed by atoms with van der Waals surface area (Å²) in [7, 11) is -3.71. The highest BCUT2D eigenvalue weighted by Gasteiger charge is 2.30. The van der Waals surface area contributed by atoms with Gasteiger partial charge < -0.3 is 10.1 Å². The summed E-state index contributed by atoms with van der Waals surface area (Å²) in [5.41, 5.74) is 2.65. The Morgan fingerprint density at radius 2 is 1.66 bits per heavy atom. The van der Waals surface area contributed by atoms with E-state index in [4.69, 9.17) is 4.74 Å². The average Bonchev–Trinajstić information content (AvgIpc) is 3.37. The van der Waals surface area contributed by atoms with Gasteiger partial charge in [-0.05, 0) is 55.2 Å². The molecule has 1 aliphatic rings. The van der Waals surface area contributed by atoms with E-state index in [1.807, 2.05) is 55.5 Å². The monoisotopic (exact) mass is 450 g/mol. The van der Waals surface area contributed by atoms with Crippen molar-refractivity contribution in [2.75, 3.05) is 25.0 Å². The Morgan fingerprint density at radius 3 is 2.38 bits per heavy atom. The van der Waals surface area contributed by atoms with Gasteiger partial charge in [-0.15, -0.1) is 0 Å². The molecule has 1 N–H and O–H groups in total. The van der Waals surface area contributed by atoms with Gasteiger partial charge in [0.1, 0.15) is 10.6 Å². The molecule has 166 valence electrons. The van der Waals surface area contributed by atoms with Crippen molar-refractivity contribution in [3.8, 4) is 16.9 Å². The third kappa shape index (κ3) is 4.54. The van der Waals surface area contributed by atoms with E-state index in [0.29, 0.717) is 36.7 Å². The number of nitrogens with one attached hydrogen (secondary N) is 1. The van der Waals surface area contributed by atoms with Crippen LogP contribution in [0.4, 0.5) is 5.69 Å². The second-order valence-corrected chi connectivity index (χ2v) is 9.48. The highest BCUT2D eigenvalue weighted by atomic mass is 32.2. The molecule has 1 aliphatic heterocycles. The van der Waals surface area contributed by atoms with Crippen LogP contribution in [-0.4, -0.2) is 38.3 Å². The summed E-state index contributed by atoms with van der Waals surface area (Å²) in [6, 6.07) is 21.8. The van der Waals surface area contributed by atoms with Gasteiger partial charge >= 0.3 is 0 Å². The fourth-order valence-electron chi connectivity index (χ4n) is 3.88. The molecule has 32 heavy (non-hydrogen) atoms. The quantitative estimate of drug-likeness (QED) is 0.562. The Labute approximate surface area is 188 Å². The molecular weight excluding hydrogens is 424 g/mol. The van der Waals surface area contributed by atoms with E-state index in [0.717, 1.165) is 24.0 Å². The van der Waals surface area contributed by atoms with Crippen molar-refractivity contribution in [2.24, 2.45) is 0 Å². The van der Waals surface area contributed by atoms with Crippen molar-refractivity contribution in [1.29, 1.82) is 0 Å². The summed E-state index contributed by atoms with van der Waals surface area (Å²) in [6.45, 7) is 3.14. The first-order valence-corrected chi connectivity index (χ1v) is 12.2. The number of nitrogens with zero attached hydrogens (tertiary/aromatic N) is 1. The van der Waals surface area contributed by atoms with Gasteiger partial charge in [-0.2, -0.15) is 4.31 Å². The summed E-state index contributed by atoms with van der Waals surface area (Å²) < 4.78 is 33.5. The number of rotatable bonds is 7. The predicted octanol–water partition coefficient (Wildman–Crippen LogP) is 4.79. The van der Waals surface area contributed by atoms with Crippen LogP contribution in [0.1, 0.15) is 30.1 Å². The lowest BCUT2D eigenvalue weighted by Gasteiger charge is -2.19. The summed E-state index contributed by atoms with van der Waals surface area (Å²) in [6.07, 6.45) is 1.69. The predicted molar refractivity (Wildman–Crippen MR) is 125 cm³/mol. The van der Waals surface area contributed by atoms with Crippen LogP contribution < -0.4 is 10.1 Å². The number of hydrogen-bond acceptors (Lipinski definition) is 4. The highest BCUT2D eigenvalue weighted by Crippen LogP contribution is 2.32. The van der Waals surface area contributed by atoms with Crippen molar-refractivity contribution in [2.45, 2.75) is 24.7 Å². The van der Waals surface area contributed by atoms with Crippen molar-refractivity contribution >= 4 is 21.6 Å². The Bertz CT molecular complexity index is 1200. The zero-order valence-corrected chi connectivity index (χ0v) is 18.8. The van der Waals surface area contributed by atoms with Crippen LogP contribution >= 0.6 is 0 Å². The van der Waals surface area contributed by atoms with Gasteiger partial charge in [0.25, 0.3) is 5.91 Å². The highest BCUT2D eigenvalue weighted by molar-refractivity contribution is 7.89. The first-order chi connectivity index (χ1) is 15.5. The maximum Gasteiger partial charge on any atom is 0.256 e. The average molecular weight is 451 g/mol. The first kappa shape index (κ1) is 22.0. The van der Waals surface area contributed by atoms with E-state index < -0.39 is 10.0 Å². The molecule has 0 atom stereocenters. The third-order valence-corrected chi connectivity index (χ3v) is 7.36. The van der Waals surface area contributed by atoms with Crippen molar-refractivity contribution in [3.63, 3.8) is 0 Å². The molecule has 1 amide bonds.